The van der Waals surface area contributed by atoms with Crippen molar-refractivity contribution in [1.82, 2.24) is 0 Å². The number of phenols is 1. The standard InChI is InChI=1S/C9H9F2NO4/c10-4-1-3(2-5(11)8(4)14)7(13)6(12)9(15)16/h1-2,6-7,13-14H,12H2,(H,15,16)/t6-,7?/m0/s1. The van der Waals surface area contributed by atoms with Gasteiger partial charge < -0.3 is 21.1 Å². The van der Waals surface area contributed by atoms with Crippen molar-refractivity contribution in [3.05, 3.63) is 29.3 Å². The number of aliphatic hydroxyl groups is 1. The van der Waals surface area contributed by atoms with Crippen LogP contribution in [0.5, 0.6) is 5.75 Å². The summed E-state index contributed by atoms with van der Waals surface area (Å²) in [5.74, 6) is -5.31. The SMILES string of the molecule is N[C@H](C(=O)O)C(O)c1cc(F)c(O)c(F)c1. The molecule has 7 heteroatoms. The minimum atomic E-state index is -1.76. The molecule has 1 rings (SSSR count). The van der Waals surface area contributed by atoms with E-state index in [0.29, 0.717) is 12.1 Å². The summed E-state index contributed by atoms with van der Waals surface area (Å²) < 4.78 is 25.8. The molecule has 0 aliphatic rings. The van der Waals surface area contributed by atoms with Crippen LogP contribution in [-0.2, 0) is 4.79 Å². The van der Waals surface area contributed by atoms with Crippen LogP contribution in [-0.4, -0.2) is 27.3 Å². The molecule has 2 atom stereocenters. The Morgan fingerprint density at radius 1 is 1.31 bits per heavy atom. The lowest BCUT2D eigenvalue weighted by Crippen LogP contribution is -2.36. The second-order valence-electron chi connectivity index (χ2n) is 3.14. The molecule has 0 saturated heterocycles. The van der Waals surface area contributed by atoms with Crippen LogP contribution in [0.1, 0.15) is 11.7 Å². The van der Waals surface area contributed by atoms with Crippen LogP contribution >= 0.6 is 0 Å². The first-order chi connectivity index (χ1) is 7.34. The van der Waals surface area contributed by atoms with Gasteiger partial charge in [-0.15, -0.1) is 0 Å². The van der Waals surface area contributed by atoms with Gasteiger partial charge in [0.05, 0.1) is 0 Å². The first kappa shape index (κ1) is 12.3. The van der Waals surface area contributed by atoms with Gasteiger partial charge in [-0.2, -0.15) is 0 Å². The van der Waals surface area contributed by atoms with Gasteiger partial charge >= 0.3 is 5.97 Å². The highest BCUT2D eigenvalue weighted by molar-refractivity contribution is 5.74. The van der Waals surface area contributed by atoms with Crippen LogP contribution in [0.4, 0.5) is 8.78 Å². The zero-order valence-electron chi connectivity index (χ0n) is 7.89. The molecule has 88 valence electrons. The van der Waals surface area contributed by atoms with Gasteiger partial charge in [0.15, 0.2) is 17.4 Å². The van der Waals surface area contributed by atoms with Gasteiger partial charge in [0.25, 0.3) is 0 Å². The summed E-state index contributed by atoms with van der Waals surface area (Å²) >= 11 is 0. The Kier molecular flexibility index (Phi) is 3.41. The number of carboxylic acid groups (broad SMARTS) is 1. The van der Waals surface area contributed by atoms with Gasteiger partial charge in [-0.05, 0) is 17.7 Å². The van der Waals surface area contributed by atoms with Gasteiger partial charge in [0.2, 0.25) is 0 Å². The third-order valence-corrected chi connectivity index (χ3v) is 2.01. The minimum absolute atomic E-state index is 0.359. The van der Waals surface area contributed by atoms with Crippen molar-refractivity contribution >= 4 is 5.97 Å². The number of hydrogen-bond acceptors (Lipinski definition) is 4. The van der Waals surface area contributed by atoms with Crippen molar-refractivity contribution in [2.45, 2.75) is 12.1 Å². The van der Waals surface area contributed by atoms with E-state index in [9.17, 15) is 18.7 Å². The molecule has 1 aromatic rings. The van der Waals surface area contributed by atoms with E-state index in [1.54, 1.807) is 0 Å². The lowest BCUT2D eigenvalue weighted by atomic mass is 10.0. The van der Waals surface area contributed by atoms with E-state index in [0.717, 1.165) is 0 Å². The summed E-state index contributed by atoms with van der Waals surface area (Å²) in [4.78, 5) is 10.4. The topological polar surface area (TPSA) is 104 Å². The number of halogens is 2. The molecule has 5 N–H and O–H groups in total. The van der Waals surface area contributed by atoms with Crippen LogP contribution in [0.3, 0.4) is 0 Å². The Morgan fingerprint density at radius 3 is 2.12 bits per heavy atom. The van der Waals surface area contributed by atoms with Gasteiger partial charge in [0, 0.05) is 0 Å². The van der Waals surface area contributed by atoms with E-state index in [1.165, 1.54) is 0 Å². The smallest absolute Gasteiger partial charge is 0.323 e. The predicted molar refractivity (Wildman–Crippen MR) is 48.6 cm³/mol. The fourth-order valence-electron chi connectivity index (χ4n) is 1.10. The molecule has 0 aliphatic heterocycles. The number of carboxylic acids is 1. The highest BCUT2D eigenvalue weighted by atomic mass is 19.1. The number of aromatic hydroxyl groups is 1. The number of rotatable bonds is 3. The fourth-order valence-corrected chi connectivity index (χ4v) is 1.10. The highest BCUT2D eigenvalue weighted by Crippen LogP contribution is 2.25. The van der Waals surface area contributed by atoms with Crippen molar-refractivity contribution in [3.63, 3.8) is 0 Å². The highest BCUT2D eigenvalue weighted by Gasteiger charge is 2.25. The number of nitrogens with two attached hydrogens (primary N) is 1. The number of carbonyl (C=O) groups is 1. The van der Waals surface area contributed by atoms with Crippen LogP contribution in [0.25, 0.3) is 0 Å². The Bertz CT molecular complexity index is 401. The molecule has 1 unspecified atom stereocenters. The molecular formula is C9H9F2NO4. The van der Waals surface area contributed by atoms with E-state index in [4.69, 9.17) is 15.9 Å². The Labute approximate surface area is 88.7 Å². The summed E-state index contributed by atoms with van der Waals surface area (Å²) in [6.45, 7) is 0. The molecule has 0 fully saturated rings. The lowest BCUT2D eigenvalue weighted by molar-refractivity contribution is -0.141. The summed E-state index contributed by atoms with van der Waals surface area (Å²) in [7, 11) is 0. The van der Waals surface area contributed by atoms with E-state index < -0.39 is 35.5 Å². The second kappa shape index (κ2) is 4.42. The molecule has 0 radical (unpaired) electrons. The van der Waals surface area contributed by atoms with Crippen LogP contribution in [0.2, 0.25) is 0 Å². The molecule has 5 nitrogen and oxygen atoms in total. The van der Waals surface area contributed by atoms with Crippen molar-refractivity contribution in [3.8, 4) is 5.75 Å². The lowest BCUT2D eigenvalue weighted by Gasteiger charge is -2.15. The molecule has 1 aromatic carbocycles. The van der Waals surface area contributed by atoms with Crippen molar-refractivity contribution in [1.29, 1.82) is 0 Å². The average molecular weight is 233 g/mol. The molecule has 16 heavy (non-hydrogen) atoms. The quantitative estimate of drug-likeness (QED) is 0.593. The predicted octanol–water partition coefficient (Wildman–Crippen LogP) is 0.116. The van der Waals surface area contributed by atoms with Gasteiger partial charge in [-0.25, -0.2) is 8.78 Å². The first-order valence-corrected chi connectivity index (χ1v) is 4.19. The van der Waals surface area contributed by atoms with E-state index in [1.807, 2.05) is 0 Å². The third kappa shape index (κ3) is 2.26. The zero-order chi connectivity index (χ0) is 12.5. The van der Waals surface area contributed by atoms with Gasteiger partial charge in [-0.1, -0.05) is 0 Å². The van der Waals surface area contributed by atoms with E-state index in [-0.39, 0.29) is 5.56 Å². The molecule has 0 saturated carbocycles. The third-order valence-electron chi connectivity index (χ3n) is 2.01. The maximum Gasteiger partial charge on any atom is 0.323 e. The Hall–Kier alpha value is -1.73. The maximum absolute atomic E-state index is 12.9. The minimum Gasteiger partial charge on any atom is -0.503 e. The van der Waals surface area contributed by atoms with E-state index >= 15 is 0 Å². The average Bonchev–Trinajstić information content (AvgIpc) is 2.22. The van der Waals surface area contributed by atoms with E-state index in [2.05, 4.69) is 0 Å². The summed E-state index contributed by atoms with van der Waals surface area (Å²) in [5.41, 5.74) is 4.71. The first-order valence-electron chi connectivity index (χ1n) is 4.19. The normalized spacial score (nSPS) is 14.5. The van der Waals surface area contributed by atoms with Gasteiger partial charge in [-0.3, -0.25) is 4.79 Å². The van der Waals surface area contributed by atoms with Crippen LogP contribution in [0.15, 0.2) is 12.1 Å². The zero-order valence-corrected chi connectivity index (χ0v) is 7.89. The second-order valence-corrected chi connectivity index (χ2v) is 3.14. The van der Waals surface area contributed by atoms with Crippen LogP contribution in [0, 0.1) is 11.6 Å². The Morgan fingerprint density at radius 2 is 1.75 bits per heavy atom. The number of phenolic OH excluding ortho intramolecular Hbond substituents is 1. The summed E-state index contributed by atoms with van der Waals surface area (Å²) in [5, 5.41) is 26.6. The maximum atomic E-state index is 12.9. The summed E-state index contributed by atoms with van der Waals surface area (Å²) in [6.07, 6.45) is -1.76. The molecular weight excluding hydrogens is 224 g/mol. The van der Waals surface area contributed by atoms with Crippen molar-refractivity contribution in [2.24, 2.45) is 5.73 Å². The Balaban J connectivity index is 3.10. The molecule has 0 amide bonds. The molecule has 0 aromatic heterocycles. The largest absolute Gasteiger partial charge is 0.503 e. The van der Waals surface area contributed by atoms with Crippen molar-refractivity contribution in [2.75, 3.05) is 0 Å². The molecule has 0 aliphatic carbocycles. The summed E-state index contributed by atoms with van der Waals surface area (Å²) in [6, 6.07) is -0.471. The van der Waals surface area contributed by atoms with Gasteiger partial charge in [0.1, 0.15) is 12.1 Å². The van der Waals surface area contributed by atoms with Crippen molar-refractivity contribution < 1.29 is 28.9 Å². The molecule has 0 heterocycles. The fraction of sp³-hybridized carbons (Fsp3) is 0.222. The monoisotopic (exact) mass is 233 g/mol. The number of benzene rings is 1. The number of aliphatic hydroxyl groups excluding tert-OH is 1. The molecule has 0 bridgehead atoms. The number of aliphatic carboxylic acids is 1. The molecule has 0 spiro atoms. The van der Waals surface area contributed by atoms with Crippen LogP contribution < -0.4 is 5.73 Å². The number of hydrogen-bond donors (Lipinski definition) is 4.